The van der Waals surface area contributed by atoms with Crippen molar-refractivity contribution in [3.8, 4) is 0 Å². The molecule has 0 aliphatic carbocycles. The number of carbonyl (C=O) groups is 2. The zero-order chi connectivity index (χ0) is 14.4. The van der Waals surface area contributed by atoms with Crippen molar-refractivity contribution in [2.75, 3.05) is 20.3 Å². The molecule has 1 aliphatic heterocycles. The van der Waals surface area contributed by atoms with Gasteiger partial charge in [-0.25, -0.2) is 4.79 Å². The first-order valence-corrected chi connectivity index (χ1v) is 7.26. The number of hydrogen-bond donors (Lipinski definition) is 1. The van der Waals surface area contributed by atoms with E-state index >= 15 is 0 Å². The van der Waals surface area contributed by atoms with Crippen molar-refractivity contribution in [3.63, 3.8) is 0 Å². The average molecular weight is 295 g/mol. The summed E-state index contributed by atoms with van der Waals surface area (Å²) in [6.07, 6.45) is 5.07. The van der Waals surface area contributed by atoms with Crippen LogP contribution in [0.15, 0.2) is 24.3 Å². The lowest BCUT2D eigenvalue weighted by Gasteiger charge is -2.05. The second-order valence-electron chi connectivity index (χ2n) is 4.34. The smallest absolute Gasteiger partial charge is 0.330 e. The Kier molecular flexibility index (Phi) is 5.31. The Morgan fingerprint density at radius 3 is 3.10 bits per heavy atom. The summed E-state index contributed by atoms with van der Waals surface area (Å²) >= 11 is 1.45. The minimum Gasteiger partial charge on any atom is -0.466 e. The standard InChI is InChI=1S/C14H17NO4S/c1-18-13(16)5-2-8-15-14(17)12-7-6-11(20-12)10-4-3-9-19-10/h2,5-7,10H,3-4,8-9H2,1H3,(H,15,17)/b5-2+. The second-order valence-corrected chi connectivity index (χ2v) is 5.45. The van der Waals surface area contributed by atoms with Crippen LogP contribution in [0.3, 0.4) is 0 Å². The van der Waals surface area contributed by atoms with E-state index < -0.39 is 5.97 Å². The van der Waals surface area contributed by atoms with Crippen LogP contribution in [0.25, 0.3) is 0 Å². The molecule has 1 unspecified atom stereocenters. The van der Waals surface area contributed by atoms with Crippen LogP contribution in [0, 0.1) is 0 Å². The molecule has 1 atom stereocenters. The summed E-state index contributed by atoms with van der Waals surface area (Å²) in [5, 5.41) is 2.72. The molecule has 1 amide bonds. The highest BCUT2D eigenvalue weighted by Crippen LogP contribution is 2.33. The molecule has 0 bridgehead atoms. The number of nitrogens with one attached hydrogen (secondary N) is 1. The molecule has 0 saturated carbocycles. The van der Waals surface area contributed by atoms with Gasteiger partial charge in [-0.05, 0) is 25.0 Å². The molecule has 0 aromatic carbocycles. The molecule has 1 aliphatic rings. The topological polar surface area (TPSA) is 64.6 Å². The Balaban J connectivity index is 1.83. The van der Waals surface area contributed by atoms with Crippen molar-refractivity contribution < 1.29 is 19.1 Å². The summed E-state index contributed by atoms with van der Waals surface area (Å²) in [7, 11) is 1.31. The number of rotatable bonds is 5. The highest BCUT2D eigenvalue weighted by atomic mass is 32.1. The highest BCUT2D eigenvalue weighted by Gasteiger charge is 2.20. The van der Waals surface area contributed by atoms with Gasteiger partial charge in [-0.2, -0.15) is 0 Å². The van der Waals surface area contributed by atoms with E-state index in [-0.39, 0.29) is 12.0 Å². The molecule has 0 spiro atoms. The second kappa shape index (κ2) is 7.21. The SMILES string of the molecule is COC(=O)/C=C/CNC(=O)c1ccc(C2CCCO2)s1. The summed E-state index contributed by atoms with van der Waals surface area (Å²) in [5.74, 6) is -0.579. The maximum atomic E-state index is 11.9. The van der Waals surface area contributed by atoms with Crippen molar-refractivity contribution in [1.82, 2.24) is 5.32 Å². The Morgan fingerprint density at radius 1 is 1.55 bits per heavy atom. The number of ether oxygens (including phenoxy) is 2. The zero-order valence-electron chi connectivity index (χ0n) is 11.3. The van der Waals surface area contributed by atoms with Crippen LogP contribution in [0.2, 0.25) is 0 Å². The summed E-state index contributed by atoms with van der Waals surface area (Å²) in [6.45, 7) is 1.09. The monoisotopic (exact) mass is 295 g/mol. The van der Waals surface area contributed by atoms with Gasteiger partial charge < -0.3 is 14.8 Å². The van der Waals surface area contributed by atoms with Crippen LogP contribution in [0.1, 0.15) is 33.5 Å². The Labute approximate surface area is 121 Å². The number of thiophene rings is 1. The predicted molar refractivity (Wildman–Crippen MR) is 75.7 cm³/mol. The van der Waals surface area contributed by atoms with Gasteiger partial charge in [-0.1, -0.05) is 6.08 Å². The van der Waals surface area contributed by atoms with E-state index in [0.29, 0.717) is 11.4 Å². The largest absolute Gasteiger partial charge is 0.466 e. The van der Waals surface area contributed by atoms with Crippen molar-refractivity contribution in [3.05, 3.63) is 34.0 Å². The Hall–Kier alpha value is -1.66. The predicted octanol–water partition coefficient (Wildman–Crippen LogP) is 2.06. The van der Waals surface area contributed by atoms with E-state index in [4.69, 9.17) is 4.74 Å². The molecule has 1 fully saturated rings. The summed E-state index contributed by atoms with van der Waals surface area (Å²) in [4.78, 5) is 24.5. The quantitative estimate of drug-likeness (QED) is 0.667. The molecule has 1 aromatic heterocycles. The van der Waals surface area contributed by atoms with E-state index in [1.165, 1.54) is 24.5 Å². The van der Waals surface area contributed by atoms with Crippen molar-refractivity contribution in [2.45, 2.75) is 18.9 Å². The summed E-state index contributed by atoms with van der Waals surface area (Å²) in [5.41, 5.74) is 0. The molecule has 0 radical (unpaired) electrons. The van der Waals surface area contributed by atoms with E-state index in [0.717, 1.165) is 24.3 Å². The van der Waals surface area contributed by atoms with E-state index in [9.17, 15) is 9.59 Å². The van der Waals surface area contributed by atoms with Gasteiger partial charge >= 0.3 is 5.97 Å². The molecule has 1 saturated heterocycles. The van der Waals surface area contributed by atoms with E-state index in [2.05, 4.69) is 10.1 Å². The molecular formula is C14H17NO4S. The van der Waals surface area contributed by atoms with Gasteiger partial charge in [-0.3, -0.25) is 4.79 Å². The number of hydrogen-bond acceptors (Lipinski definition) is 5. The fraction of sp³-hybridized carbons (Fsp3) is 0.429. The molecule has 1 N–H and O–H groups in total. The molecule has 2 rings (SSSR count). The van der Waals surface area contributed by atoms with Gasteiger partial charge in [0, 0.05) is 24.1 Å². The van der Waals surface area contributed by atoms with Crippen LogP contribution >= 0.6 is 11.3 Å². The van der Waals surface area contributed by atoms with Gasteiger partial charge in [0.1, 0.15) is 0 Å². The van der Waals surface area contributed by atoms with Gasteiger partial charge in [-0.15, -0.1) is 11.3 Å². The number of esters is 1. The molecule has 1 aromatic rings. The van der Waals surface area contributed by atoms with Gasteiger partial charge in [0.25, 0.3) is 5.91 Å². The fourth-order valence-corrected chi connectivity index (χ4v) is 2.92. The molecule has 5 nitrogen and oxygen atoms in total. The minimum absolute atomic E-state index is 0.140. The molecule has 2 heterocycles. The fourth-order valence-electron chi connectivity index (χ4n) is 1.91. The molecule has 20 heavy (non-hydrogen) atoms. The highest BCUT2D eigenvalue weighted by molar-refractivity contribution is 7.14. The van der Waals surface area contributed by atoms with Crippen LogP contribution in [-0.2, 0) is 14.3 Å². The van der Waals surface area contributed by atoms with Crippen LogP contribution in [0.4, 0.5) is 0 Å². The number of methoxy groups -OCH3 is 1. The average Bonchev–Trinajstić information content (AvgIpc) is 3.12. The van der Waals surface area contributed by atoms with Crippen molar-refractivity contribution >= 4 is 23.2 Å². The first-order chi connectivity index (χ1) is 9.70. The zero-order valence-corrected chi connectivity index (χ0v) is 12.1. The Bertz CT molecular complexity index is 503. The van der Waals surface area contributed by atoms with E-state index in [1.807, 2.05) is 6.07 Å². The van der Waals surface area contributed by atoms with Gasteiger partial charge in [0.2, 0.25) is 0 Å². The lowest BCUT2D eigenvalue weighted by Crippen LogP contribution is -2.22. The normalized spacial score (nSPS) is 18.4. The lowest BCUT2D eigenvalue weighted by atomic mass is 10.2. The van der Waals surface area contributed by atoms with Crippen molar-refractivity contribution in [2.24, 2.45) is 0 Å². The molecule has 6 heteroatoms. The maximum Gasteiger partial charge on any atom is 0.330 e. The number of amides is 1. The molecular weight excluding hydrogens is 278 g/mol. The third kappa shape index (κ3) is 3.91. The first-order valence-electron chi connectivity index (χ1n) is 6.44. The van der Waals surface area contributed by atoms with E-state index in [1.54, 1.807) is 12.1 Å². The van der Waals surface area contributed by atoms with Gasteiger partial charge in [0.05, 0.1) is 18.1 Å². The number of carbonyl (C=O) groups excluding carboxylic acids is 2. The molecule has 108 valence electrons. The van der Waals surface area contributed by atoms with Crippen LogP contribution in [-0.4, -0.2) is 32.1 Å². The Morgan fingerprint density at radius 2 is 2.40 bits per heavy atom. The van der Waals surface area contributed by atoms with Gasteiger partial charge in [0.15, 0.2) is 0 Å². The third-order valence-electron chi connectivity index (χ3n) is 2.93. The third-order valence-corrected chi connectivity index (χ3v) is 4.11. The minimum atomic E-state index is -0.434. The van der Waals surface area contributed by atoms with Crippen LogP contribution < -0.4 is 5.32 Å². The summed E-state index contributed by atoms with van der Waals surface area (Å²) in [6, 6.07) is 3.75. The maximum absolute atomic E-state index is 11.9. The van der Waals surface area contributed by atoms with Crippen LogP contribution in [0.5, 0.6) is 0 Å². The van der Waals surface area contributed by atoms with Crippen molar-refractivity contribution in [1.29, 1.82) is 0 Å². The lowest BCUT2D eigenvalue weighted by molar-refractivity contribution is -0.134. The summed E-state index contributed by atoms with van der Waals surface area (Å²) < 4.78 is 10.0. The first kappa shape index (κ1) is 14.7.